The molecule has 0 aliphatic rings. The summed E-state index contributed by atoms with van der Waals surface area (Å²) < 4.78 is 12.8. The summed E-state index contributed by atoms with van der Waals surface area (Å²) in [6.07, 6.45) is 1.13. The van der Waals surface area contributed by atoms with Gasteiger partial charge in [-0.2, -0.15) is 0 Å². The summed E-state index contributed by atoms with van der Waals surface area (Å²) in [5.41, 5.74) is -0.0791. The first kappa shape index (κ1) is 12.4. The molecule has 0 saturated carbocycles. The van der Waals surface area contributed by atoms with E-state index in [1.54, 1.807) is 0 Å². The molecule has 0 N–H and O–H groups in total. The van der Waals surface area contributed by atoms with Gasteiger partial charge in [0.1, 0.15) is 5.82 Å². The van der Waals surface area contributed by atoms with Crippen LogP contribution in [0, 0.1) is 5.82 Å². The predicted molar refractivity (Wildman–Crippen MR) is 39.9 cm³/mol. The number of allylic oxidation sites excluding steroid dienone is 1. The van der Waals surface area contributed by atoms with Crippen molar-refractivity contribution in [2.24, 2.45) is 0 Å². The molecule has 0 spiro atoms. The quantitative estimate of drug-likeness (QED) is 0.230. The normalized spacial score (nSPS) is 9.62. The Morgan fingerprint density at radius 2 is 2.00 bits per heavy atom. The molecule has 0 amide bonds. The molecule has 0 heterocycles. The smallest absolute Gasteiger partial charge is 0.878 e. The molecule has 62 valence electrons. The maximum Gasteiger partial charge on any atom is 1.00 e. The van der Waals surface area contributed by atoms with Crippen molar-refractivity contribution in [1.82, 2.24) is 0 Å². The van der Waals surface area contributed by atoms with Gasteiger partial charge in [-0.15, -0.1) is 6.26 Å². The van der Waals surface area contributed by atoms with Gasteiger partial charge in [-0.3, -0.25) is 4.79 Å². The van der Waals surface area contributed by atoms with Gasteiger partial charge in [0.25, 0.3) is 0 Å². The number of carbonyl (C=O) groups excluding carboxylic acids is 1. The van der Waals surface area contributed by atoms with E-state index in [4.69, 9.17) is 0 Å². The van der Waals surface area contributed by atoms with Gasteiger partial charge in [-0.25, -0.2) is 4.39 Å². The molecular formula is C9H6FNaO2. The van der Waals surface area contributed by atoms with E-state index < -0.39 is 11.6 Å². The van der Waals surface area contributed by atoms with Crippen LogP contribution in [0.2, 0.25) is 0 Å². The maximum atomic E-state index is 12.8. The van der Waals surface area contributed by atoms with E-state index in [1.165, 1.54) is 24.3 Å². The van der Waals surface area contributed by atoms with E-state index in [0.29, 0.717) is 6.26 Å². The molecular weight excluding hydrogens is 182 g/mol. The Kier molecular flexibility index (Phi) is 5.62. The third-order valence-corrected chi connectivity index (χ3v) is 1.36. The van der Waals surface area contributed by atoms with Crippen LogP contribution in [0.5, 0.6) is 0 Å². The first-order valence-electron chi connectivity index (χ1n) is 3.33. The second-order valence-corrected chi connectivity index (χ2v) is 2.15. The molecule has 0 aromatic heterocycles. The van der Waals surface area contributed by atoms with Crippen molar-refractivity contribution in [1.29, 1.82) is 0 Å². The van der Waals surface area contributed by atoms with Gasteiger partial charge in [0.15, 0.2) is 5.78 Å². The fraction of sp³-hybridized carbons (Fsp3) is 0. The van der Waals surface area contributed by atoms with Crippen molar-refractivity contribution in [3.05, 3.63) is 48.0 Å². The predicted octanol–water partition coefficient (Wildman–Crippen LogP) is -2.11. The summed E-state index contributed by atoms with van der Waals surface area (Å²) in [6.45, 7) is 0. The number of benzene rings is 1. The first-order valence-corrected chi connectivity index (χ1v) is 3.33. The summed E-state index contributed by atoms with van der Waals surface area (Å²) in [7, 11) is 0. The molecule has 0 saturated heterocycles. The topological polar surface area (TPSA) is 40.1 Å². The summed E-state index contributed by atoms with van der Waals surface area (Å²) in [6, 6.07) is 5.52. The minimum absolute atomic E-state index is 0. The van der Waals surface area contributed by atoms with Crippen LogP contribution in [0.1, 0.15) is 10.4 Å². The molecule has 0 unspecified atom stereocenters. The van der Waals surface area contributed by atoms with Crippen LogP contribution in [0.3, 0.4) is 0 Å². The molecule has 0 aliphatic carbocycles. The molecule has 1 aromatic carbocycles. The molecule has 13 heavy (non-hydrogen) atoms. The number of hydrogen-bond donors (Lipinski definition) is 0. The molecule has 0 aliphatic heterocycles. The minimum atomic E-state index is -0.611. The average Bonchev–Trinajstić information content (AvgIpc) is 2.05. The van der Waals surface area contributed by atoms with E-state index in [1.807, 2.05) is 0 Å². The zero-order valence-electron chi connectivity index (χ0n) is 7.16. The summed E-state index contributed by atoms with van der Waals surface area (Å²) in [5.74, 6) is -1.22. The molecule has 4 heteroatoms. The Morgan fingerprint density at radius 3 is 2.54 bits per heavy atom. The van der Waals surface area contributed by atoms with Gasteiger partial charge in [0, 0.05) is 0 Å². The van der Waals surface area contributed by atoms with Crippen LogP contribution in [-0.2, 0) is 0 Å². The number of halogens is 1. The van der Waals surface area contributed by atoms with Crippen molar-refractivity contribution in [3.63, 3.8) is 0 Å². The Balaban J connectivity index is 0.00000144. The van der Waals surface area contributed by atoms with Gasteiger partial charge in [0.05, 0.1) is 5.56 Å². The Bertz CT molecular complexity index is 323. The van der Waals surface area contributed by atoms with E-state index in [0.717, 1.165) is 6.08 Å². The van der Waals surface area contributed by atoms with Gasteiger partial charge in [-0.05, 0) is 18.2 Å². The van der Waals surface area contributed by atoms with E-state index in [-0.39, 0.29) is 35.1 Å². The van der Waals surface area contributed by atoms with Gasteiger partial charge in [-0.1, -0.05) is 12.1 Å². The number of rotatable bonds is 2. The molecule has 2 nitrogen and oxygen atoms in total. The van der Waals surface area contributed by atoms with Crippen molar-refractivity contribution >= 4 is 5.78 Å². The monoisotopic (exact) mass is 188 g/mol. The van der Waals surface area contributed by atoms with Crippen LogP contribution in [0.4, 0.5) is 4.39 Å². The zero-order valence-corrected chi connectivity index (χ0v) is 9.16. The van der Waals surface area contributed by atoms with Crippen molar-refractivity contribution in [2.45, 2.75) is 0 Å². The maximum absolute atomic E-state index is 12.8. The van der Waals surface area contributed by atoms with Crippen molar-refractivity contribution in [2.75, 3.05) is 0 Å². The molecule has 0 radical (unpaired) electrons. The number of carbonyl (C=O) groups is 1. The zero-order chi connectivity index (χ0) is 8.97. The summed E-state index contributed by atoms with van der Waals surface area (Å²) in [4.78, 5) is 10.9. The third-order valence-electron chi connectivity index (χ3n) is 1.36. The Labute approximate surface area is 97.4 Å². The summed E-state index contributed by atoms with van der Waals surface area (Å²) >= 11 is 0. The van der Waals surface area contributed by atoms with E-state index in [9.17, 15) is 14.3 Å². The largest absolute Gasteiger partial charge is 1.00 e. The van der Waals surface area contributed by atoms with Crippen LogP contribution in [0.15, 0.2) is 36.6 Å². The molecule has 0 bridgehead atoms. The summed E-state index contributed by atoms with van der Waals surface area (Å²) in [5, 5.41) is 9.90. The molecule has 1 aromatic rings. The fourth-order valence-corrected chi connectivity index (χ4v) is 0.813. The second-order valence-electron chi connectivity index (χ2n) is 2.15. The van der Waals surface area contributed by atoms with E-state index in [2.05, 4.69) is 0 Å². The Morgan fingerprint density at radius 1 is 1.38 bits per heavy atom. The molecule has 1 rings (SSSR count). The number of ketones is 1. The minimum Gasteiger partial charge on any atom is -0.878 e. The van der Waals surface area contributed by atoms with E-state index >= 15 is 0 Å². The fourth-order valence-electron chi connectivity index (χ4n) is 0.813. The number of hydrogen-bond acceptors (Lipinski definition) is 2. The van der Waals surface area contributed by atoms with Gasteiger partial charge < -0.3 is 5.11 Å². The van der Waals surface area contributed by atoms with Gasteiger partial charge in [0.2, 0.25) is 0 Å². The van der Waals surface area contributed by atoms with Crippen LogP contribution in [-0.4, -0.2) is 5.78 Å². The standard InChI is InChI=1S/C9H7FO2.Na/c10-8-4-2-1-3-7(8)9(12)5-6-11;/h1-6,11H;/q;+1/p-1. The third kappa shape index (κ3) is 3.30. The van der Waals surface area contributed by atoms with Crippen LogP contribution >= 0.6 is 0 Å². The first-order chi connectivity index (χ1) is 5.75. The van der Waals surface area contributed by atoms with Crippen molar-refractivity contribution < 1.29 is 43.8 Å². The SMILES string of the molecule is O=C(C=C[O-])c1ccccc1F.[Na+]. The molecule has 0 fully saturated rings. The average molecular weight is 188 g/mol. The van der Waals surface area contributed by atoms with Gasteiger partial charge >= 0.3 is 29.6 Å². The second kappa shape index (κ2) is 5.91. The molecule has 0 atom stereocenters. The van der Waals surface area contributed by atoms with Crippen LogP contribution in [0.25, 0.3) is 0 Å². The Hall–Kier alpha value is -0.640. The van der Waals surface area contributed by atoms with Crippen LogP contribution < -0.4 is 34.7 Å². The van der Waals surface area contributed by atoms with Crippen molar-refractivity contribution in [3.8, 4) is 0 Å².